The summed E-state index contributed by atoms with van der Waals surface area (Å²) in [4.78, 5) is 20.1. The molecule has 1 aromatic heterocycles. The smallest absolute Gasteiger partial charge is 0.242 e. The fourth-order valence-corrected chi connectivity index (χ4v) is 2.38. The van der Waals surface area contributed by atoms with Crippen LogP contribution in [0.3, 0.4) is 0 Å². The van der Waals surface area contributed by atoms with Crippen LogP contribution in [-0.4, -0.2) is 15.9 Å². The standard InChI is InChI=1S/C19H19FN6O/c20-15-8-6-14(7-9-15)11-22-18-17(21)19(24-12-23-18)26-25-16(27)10-13-4-2-1-3-5-13/h1-9,12H,10-11,21H2,(H,25,27)(H2,22,23,24,26). The van der Waals surface area contributed by atoms with Gasteiger partial charge in [0.2, 0.25) is 5.91 Å². The van der Waals surface area contributed by atoms with Crippen LogP contribution in [0, 0.1) is 5.82 Å². The van der Waals surface area contributed by atoms with E-state index in [1.807, 2.05) is 30.3 Å². The van der Waals surface area contributed by atoms with Crippen molar-refractivity contribution in [3.05, 3.63) is 77.9 Å². The van der Waals surface area contributed by atoms with Crippen LogP contribution in [0.1, 0.15) is 11.1 Å². The average molecular weight is 366 g/mol. The van der Waals surface area contributed by atoms with Crippen LogP contribution >= 0.6 is 0 Å². The molecule has 3 rings (SSSR count). The number of nitrogen functional groups attached to an aromatic ring is 1. The number of hydrogen-bond acceptors (Lipinski definition) is 6. The third-order valence-electron chi connectivity index (χ3n) is 3.78. The SMILES string of the molecule is Nc1c(NCc2ccc(F)cc2)ncnc1NNC(=O)Cc1ccccc1. The summed E-state index contributed by atoms with van der Waals surface area (Å²) in [5, 5.41) is 3.07. The van der Waals surface area contributed by atoms with Crippen LogP contribution in [0.2, 0.25) is 0 Å². The maximum Gasteiger partial charge on any atom is 0.242 e. The van der Waals surface area contributed by atoms with Crippen molar-refractivity contribution < 1.29 is 9.18 Å². The van der Waals surface area contributed by atoms with E-state index in [0.29, 0.717) is 12.4 Å². The second-order valence-electron chi connectivity index (χ2n) is 5.80. The quantitative estimate of drug-likeness (QED) is 0.479. The summed E-state index contributed by atoms with van der Waals surface area (Å²) < 4.78 is 13.0. The second-order valence-corrected chi connectivity index (χ2v) is 5.80. The van der Waals surface area contributed by atoms with Gasteiger partial charge in [-0.15, -0.1) is 0 Å². The van der Waals surface area contributed by atoms with Crippen molar-refractivity contribution in [2.45, 2.75) is 13.0 Å². The number of aromatic nitrogens is 2. The highest BCUT2D eigenvalue weighted by molar-refractivity contribution is 5.81. The third-order valence-corrected chi connectivity index (χ3v) is 3.78. The van der Waals surface area contributed by atoms with Gasteiger partial charge >= 0.3 is 0 Å². The summed E-state index contributed by atoms with van der Waals surface area (Å²) in [6.07, 6.45) is 1.56. The Morgan fingerprint density at radius 3 is 2.41 bits per heavy atom. The predicted octanol–water partition coefficient (Wildman–Crippen LogP) is 2.50. The maximum absolute atomic E-state index is 13.0. The number of halogens is 1. The van der Waals surface area contributed by atoms with Gasteiger partial charge in [-0.05, 0) is 23.3 Å². The first-order chi connectivity index (χ1) is 13.1. The maximum atomic E-state index is 13.0. The number of carbonyl (C=O) groups excluding carboxylic acids is 1. The first-order valence-electron chi connectivity index (χ1n) is 8.29. The number of carbonyl (C=O) groups is 1. The van der Waals surface area contributed by atoms with Crippen LogP contribution in [0.5, 0.6) is 0 Å². The van der Waals surface area contributed by atoms with Crippen LogP contribution in [-0.2, 0) is 17.8 Å². The predicted molar refractivity (Wildman–Crippen MR) is 102 cm³/mol. The number of anilines is 3. The molecule has 0 saturated heterocycles. The Kier molecular flexibility index (Phi) is 5.78. The number of hydrazine groups is 1. The molecule has 7 nitrogen and oxygen atoms in total. The van der Waals surface area contributed by atoms with Crippen molar-refractivity contribution in [2.24, 2.45) is 0 Å². The zero-order chi connectivity index (χ0) is 19.1. The number of amides is 1. The van der Waals surface area contributed by atoms with Crippen LogP contribution in [0.25, 0.3) is 0 Å². The molecule has 1 amide bonds. The van der Waals surface area contributed by atoms with Crippen LogP contribution in [0.15, 0.2) is 60.9 Å². The molecule has 0 radical (unpaired) electrons. The largest absolute Gasteiger partial charge is 0.393 e. The summed E-state index contributed by atoms with van der Waals surface area (Å²) in [7, 11) is 0. The van der Waals surface area contributed by atoms with Crippen molar-refractivity contribution in [1.82, 2.24) is 15.4 Å². The van der Waals surface area contributed by atoms with Gasteiger partial charge in [0.25, 0.3) is 0 Å². The molecule has 0 fully saturated rings. The Labute approximate surface area is 155 Å². The monoisotopic (exact) mass is 366 g/mol. The summed E-state index contributed by atoms with van der Waals surface area (Å²) >= 11 is 0. The zero-order valence-electron chi connectivity index (χ0n) is 14.4. The molecule has 8 heteroatoms. The second kappa shape index (κ2) is 8.61. The molecular formula is C19H19FN6O. The summed E-state index contributed by atoms with van der Waals surface area (Å²) in [6.45, 7) is 0.418. The van der Waals surface area contributed by atoms with Crippen LogP contribution in [0.4, 0.5) is 21.7 Å². The molecule has 0 aliphatic rings. The molecule has 138 valence electrons. The van der Waals surface area contributed by atoms with Gasteiger partial charge in [0, 0.05) is 6.54 Å². The van der Waals surface area contributed by atoms with Crippen molar-refractivity contribution in [2.75, 3.05) is 16.5 Å². The molecule has 0 bridgehead atoms. The molecule has 1 heterocycles. The fourth-order valence-electron chi connectivity index (χ4n) is 2.38. The van der Waals surface area contributed by atoms with Gasteiger partial charge in [0.1, 0.15) is 17.8 Å². The molecule has 0 aliphatic heterocycles. The Bertz CT molecular complexity index is 902. The van der Waals surface area contributed by atoms with Crippen molar-refractivity contribution in [3.63, 3.8) is 0 Å². The zero-order valence-corrected chi connectivity index (χ0v) is 14.4. The van der Waals surface area contributed by atoms with E-state index < -0.39 is 0 Å². The van der Waals surface area contributed by atoms with Gasteiger partial charge in [-0.2, -0.15) is 0 Å². The lowest BCUT2D eigenvalue weighted by Crippen LogP contribution is -2.31. The third kappa shape index (κ3) is 5.15. The number of hydrogen-bond donors (Lipinski definition) is 4. The Balaban J connectivity index is 1.57. The van der Waals surface area contributed by atoms with E-state index in [-0.39, 0.29) is 29.7 Å². The molecule has 0 atom stereocenters. The topological polar surface area (TPSA) is 105 Å². The van der Waals surface area contributed by atoms with Gasteiger partial charge in [0.15, 0.2) is 11.6 Å². The molecule has 3 aromatic rings. The Morgan fingerprint density at radius 1 is 0.963 bits per heavy atom. The number of nitrogens with two attached hydrogens (primary N) is 1. The Hall–Kier alpha value is -3.68. The minimum atomic E-state index is -0.293. The fraction of sp³-hybridized carbons (Fsp3) is 0.105. The summed E-state index contributed by atoms with van der Waals surface area (Å²) in [5.41, 5.74) is 13.4. The highest BCUT2D eigenvalue weighted by Gasteiger charge is 2.09. The minimum absolute atomic E-state index is 0.222. The van der Waals surface area contributed by atoms with E-state index in [4.69, 9.17) is 5.73 Å². The molecule has 2 aromatic carbocycles. The van der Waals surface area contributed by atoms with E-state index >= 15 is 0 Å². The number of rotatable bonds is 7. The lowest BCUT2D eigenvalue weighted by molar-refractivity contribution is -0.119. The van der Waals surface area contributed by atoms with E-state index in [1.54, 1.807) is 12.1 Å². The van der Waals surface area contributed by atoms with Crippen LogP contribution < -0.4 is 21.9 Å². The van der Waals surface area contributed by atoms with Crippen molar-refractivity contribution >= 4 is 23.2 Å². The summed E-state index contributed by atoms with van der Waals surface area (Å²) in [5.74, 6) is 0.181. The van der Waals surface area contributed by atoms with Gasteiger partial charge in [-0.1, -0.05) is 42.5 Å². The number of nitrogens with zero attached hydrogens (tertiary/aromatic N) is 2. The Morgan fingerprint density at radius 2 is 1.67 bits per heavy atom. The van der Waals surface area contributed by atoms with Gasteiger partial charge in [-0.25, -0.2) is 14.4 Å². The summed E-state index contributed by atoms with van der Waals surface area (Å²) in [6, 6.07) is 15.5. The molecule has 0 spiro atoms. The van der Waals surface area contributed by atoms with Crippen molar-refractivity contribution in [1.29, 1.82) is 0 Å². The average Bonchev–Trinajstić information content (AvgIpc) is 2.68. The van der Waals surface area contributed by atoms with Gasteiger partial charge in [0.05, 0.1) is 6.42 Å². The lowest BCUT2D eigenvalue weighted by atomic mass is 10.1. The van der Waals surface area contributed by atoms with E-state index in [0.717, 1.165) is 11.1 Å². The highest BCUT2D eigenvalue weighted by Crippen LogP contribution is 2.22. The van der Waals surface area contributed by atoms with Gasteiger partial charge in [-0.3, -0.25) is 15.6 Å². The molecular weight excluding hydrogens is 347 g/mol. The van der Waals surface area contributed by atoms with Crippen molar-refractivity contribution in [3.8, 4) is 0 Å². The van der Waals surface area contributed by atoms with E-state index in [2.05, 4.69) is 26.1 Å². The number of benzene rings is 2. The molecule has 27 heavy (non-hydrogen) atoms. The minimum Gasteiger partial charge on any atom is -0.393 e. The molecule has 5 N–H and O–H groups in total. The molecule has 0 aliphatic carbocycles. The van der Waals surface area contributed by atoms with E-state index in [9.17, 15) is 9.18 Å². The first-order valence-corrected chi connectivity index (χ1v) is 8.29. The molecule has 0 saturated carbocycles. The number of nitrogens with one attached hydrogen (secondary N) is 3. The lowest BCUT2D eigenvalue weighted by Gasteiger charge is -2.13. The molecule has 0 unspecified atom stereocenters. The highest BCUT2D eigenvalue weighted by atomic mass is 19.1. The first kappa shape index (κ1) is 18.1. The normalized spacial score (nSPS) is 10.3. The van der Waals surface area contributed by atoms with E-state index in [1.165, 1.54) is 18.5 Å². The van der Waals surface area contributed by atoms with Gasteiger partial charge < -0.3 is 11.1 Å².